The number of nitrogens with one attached hydrogen (secondary N) is 1. The molecule has 33 heavy (non-hydrogen) atoms. The van der Waals surface area contributed by atoms with E-state index in [1.165, 1.54) is 17.7 Å². The van der Waals surface area contributed by atoms with Crippen LogP contribution in [0.25, 0.3) is 0 Å². The summed E-state index contributed by atoms with van der Waals surface area (Å²) >= 11 is 5.82. The summed E-state index contributed by atoms with van der Waals surface area (Å²) in [6.07, 6.45) is 11.8. The Bertz CT molecular complexity index is 921. The molecule has 0 spiro atoms. The van der Waals surface area contributed by atoms with Gasteiger partial charge in [0, 0.05) is 30.4 Å². The second kappa shape index (κ2) is 15.0. The van der Waals surface area contributed by atoms with Crippen LogP contribution in [0.2, 0.25) is 5.02 Å². The Hall–Kier alpha value is -1.96. The Morgan fingerprint density at radius 1 is 1.06 bits per heavy atom. The Balaban J connectivity index is 1.68. The average Bonchev–Trinajstić information content (AvgIpc) is 2.80. The number of rotatable bonds is 16. The van der Waals surface area contributed by atoms with Crippen LogP contribution in [0, 0.1) is 5.92 Å². The van der Waals surface area contributed by atoms with Crippen molar-refractivity contribution in [3.63, 3.8) is 0 Å². The summed E-state index contributed by atoms with van der Waals surface area (Å²) in [7, 11) is -3.51. The van der Waals surface area contributed by atoms with Crippen LogP contribution in [0.1, 0.15) is 63.9 Å². The zero-order valence-corrected chi connectivity index (χ0v) is 20.9. The van der Waals surface area contributed by atoms with Crippen LogP contribution in [0.4, 0.5) is 0 Å². The molecule has 1 aromatic heterocycles. The van der Waals surface area contributed by atoms with Crippen LogP contribution in [0.15, 0.2) is 53.7 Å². The summed E-state index contributed by atoms with van der Waals surface area (Å²) in [4.78, 5) is 16.4. The van der Waals surface area contributed by atoms with Gasteiger partial charge in [0.2, 0.25) is 10.0 Å². The predicted molar refractivity (Wildman–Crippen MR) is 132 cm³/mol. The summed E-state index contributed by atoms with van der Waals surface area (Å²) in [6.45, 7) is 2.62. The Labute approximate surface area is 203 Å². The highest BCUT2D eigenvalue weighted by molar-refractivity contribution is 7.89. The minimum Gasteiger partial charge on any atom is -0.466 e. The smallest absolute Gasteiger partial charge is 0.306 e. The van der Waals surface area contributed by atoms with Gasteiger partial charge in [-0.2, -0.15) is 0 Å². The minimum atomic E-state index is -3.51. The molecule has 0 saturated carbocycles. The third-order valence-electron chi connectivity index (χ3n) is 5.52. The van der Waals surface area contributed by atoms with Crippen molar-refractivity contribution >= 4 is 27.6 Å². The van der Waals surface area contributed by atoms with Gasteiger partial charge < -0.3 is 4.74 Å². The Morgan fingerprint density at radius 2 is 1.79 bits per heavy atom. The fraction of sp³-hybridized carbons (Fsp3) is 0.520. The number of hydrogen-bond acceptors (Lipinski definition) is 5. The first kappa shape index (κ1) is 27.3. The number of aryl methyl sites for hydroxylation is 1. The normalized spacial score (nSPS) is 12.4. The molecule has 1 N–H and O–H groups in total. The lowest BCUT2D eigenvalue weighted by Gasteiger charge is -2.16. The highest BCUT2D eigenvalue weighted by atomic mass is 35.5. The molecular formula is C25H35ClN2O4S. The second-order valence-corrected chi connectivity index (χ2v) is 10.4. The first-order valence-corrected chi connectivity index (χ1v) is 13.6. The van der Waals surface area contributed by atoms with Gasteiger partial charge in [0.25, 0.3) is 0 Å². The van der Waals surface area contributed by atoms with Crippen molar-refractivity contribution in [2.24, 2.45) is 5.92 Å². The molecule has 0 aliphatic rings. The largest absolute Gasteiger partial charge is 0.466 e. The summed E-state index contributed by atoms with van der Waals surface area (Å²) in [5.41, 5.74) is 1.24. The quantitative estimate of drug-likeness (QED) is 0.244. The lowest BCUT2D eigenvalue weighted by Crippen LogP contribution is -2.24. The Morgan fingerprint density at radius 3 is 2.45 bits per heavy atom. The van der Waals surface area contributed by atoms with E-state index in [1.807, 2.05) is 19.2 Å². The summed E-state index contributed by atoms with van der Waals surface area (Å²) in [5, 5.41) is 0.503. The minimum absolute atomic E-state index is 0.134. The van der Waals surface area contributed by atoms with E-state index in [-0.39, 0.29) is 10.9 Å². The van der Waals surface area contributed by atoms with Gasteiger partial charge in [-0.05, 0) is 80.8 Å². The highest BCUT2D eigenvalue weighted by Gasteiger charge is 2.15. The van der Waals surface area contributed by atoms with Crippen LogP contribution in [0.3, 0.4) is 0 Å². The van der Waals surface area contributed by atoms with Crippen LogP contribution in [-0.2, 0) is 26.0 Å². The number of pyridine rings is 1. The van der Waals surface area contributed by atoms with E-state index in [0.29, 0.717) is 30.5 Å². The molecule has 0 aliphatic heterocycles. The monoisotopic (exact) mass is 494 g/mol. The van der Waals surface area contributed by atoms with Gasteiger partial charge in [0.05, 0.1) is 11.5 Å². The number of halogens is 1. The lowest BCUT2D eigenvalue weighted by atomic mass is 9.91. The molecule has 0 fully saturated rings. The molecule has 2 aromatic rings. The number of hydrogen-bond donors (Lipinski definition) is 1. The van der Waals surface area contributed by atoms with Crippen molar-refractivity contribution in [2.45, 2.75) is 69.6 Å². The van der Waals surface area contributed by atoms with Gasteiger partial charge in [-0.25, -0.2) is 13.1 Å². The van der Waals surface area contributed by atoms with E-state index in [4.69, 9.17) is 16.3 Å². The van der Waals surface area contributed by atoms with E-state index in [0.717, 1.165) is 51.4 Å². The molecule has 1 heterocycles. The second-order valence-electron chi connectivity index (χ2n) is 8.18. The maximum Gasteiger partial charge on any atom is 0.306 e. The number of sulfonamides is 1. The molecule has 0 saturated heterocycles. The van der Waals surface area contributed by atoms with Crippen LogP contribution < -0.4 is 4.72 Å². The number of ether oxygens (including phenoxy) is 1. The molecule has 0 amide bonds. The molecule has 182 valence electrons. The molecular weight excluding hydrogens is 460 g/mol. The Kier molecular flexibility index (Phi) is 12.4. The molecule has 2 rings (SSSR count). The van der Waals surface area contributed by atoms with E-state index >= 15 is 0 Å². The molecule has 6 nitrogen and oxygen atoms in total. The third kappa shape index (κ3) is 11.1. The van der Waals surface area contributed by atoms with Crippen LogP contribution >= 0.6 is 11.6 Å². The number of carbonyl (C=O) groups is 1. The average molecular weight is 495 g/mol. The number of nitrogens with zero attached hydrogens (tertiary/aromatic N) is 1. The van der Waals surface area contributed by atoms with Crippen molar-refractivity contribution in [1.82, 2.24) is 9.71 Å². The number of carbonyl (C=O) groups excluding carboxylic acids is 1. The van der Waals surface area contributed by atoms with E-state index in [9.17, 15) is 13.2 Å². The number of benzene rings is 1. The third-order valence-corrected chi connectivity index (χ3v) is 7.25. The summed E-state index contributed by atoms with van der Waals surface area (Å²) in [5.74, 6) is 0.161. The predicted octanol–water partition coefficient (Wildman–Crippen LogP) is 5.56. The SMILES string of the molecule is CCOC(=O)CC(CCCCCNS(=O)(=O)c1ccc(Cl)cc1)CCCCc1cccnc1. The molecule has 8 heteroatoms. The number of aromatic nitrogens is 1. The van der Waals surface area contributed by atoms with Crippen molar-refractivity contribution < 1.29 is 17.9 Å². The molecule has 0 aliphatic carbocycles. The van der Waals surface area contributed by atoms with Crippen molar-refractivity contribution in [3.05, 3.63) is 59.4 Å². The van der Waals surface area contributed by atoms with Crippen LogP contribution in [-0.4, -0.2) is 32.5 Å². The van der Waals surface area contributed by atoms with Crippen molar-refractivity contribution in [2.75, 3.05) is 13.2 Å². The molecule has 0 bridgehead atoms. The first-order chi connectivity index (χ1) is 15.9. The fourth-order valence-corrected chi connectivity index (χ4v) is 4.95. The van der Waals surface area contributed by atoms with Gasteiger partial charge in [0.15, 0.2) is 0 Å². The molecule has 1 aromatic carbocycles. The summed E-state index contributed by atoms with van der Waals surface area (Å²) < 4.78 is 32.4. The molecule has 0 radical (unpaired) electrons. The van der Waals surface area contributed by atoms with Gasteiger partial charge in [-0.15, -0.1) is 0 Å². The maximum absolute atomic E-state index is 12.3. The topological polar surface area (TPSA) is 85.4 Å². The van der Waals surface area contributed by atoms with E-state index in [1.54, 1.807) is 18.3 Å². The zero-order chi connectivity index (χ0) is 23.9. The molecule has 1 unspecified atom stereocenters. The van der Waals surface area contributed by atoms with E-state index < -0.39 is 10.0 Å². The zero-order valence-electron chi connectivity index (χ0n) is 19.3. The number of unbranched alkanes of at least 4 members (excludes halogenated alkanes) is 3. The van der Waals surface area contributed by atoms with Gasteiger partial charge in [0.1, 0.15) is 0 Å². The van der Waals surface area contributed by atoms with Crippen molar-refractivity contribution in [3.8, 4) is 0 Å². The van der Waals surface area contributed by atoms with Crippen molar-refractivity contribution in [1.29, 1.82) is 0 Å². The number of esters is 1. The highest BCUT2D eigenvalue weighted by Crippen LogP contribution is 2.22. The lowest BCUT2D eigenvalue weighted by molar-refractivity contribution is -0.144. The summed E-state index contributed by atoms with van der Waals surface area (Å²) in [6, 6.07) is 10.2. The van der Waals surface area contributed by atoms with Crippen LogP contribution in [0.5, 0.6) is 0 Å². The first-order valence-electron chi connectivity index (χ1n) is 11.7. The fourth-order valence-electron chi connectivity index (χ4n) is 3.75. The van der Waals surface area contributed by atoms with E-state index in [2.05, 4.69) is 15.8 Å². The standard InChI is InChI=1S/C25H35ClN2O4S/c1-2-32-25(29)19-21(10-5-6-11-22-12-8-17-27-20-22)9-4-3-7-18-28-33(30,31)24-15-13-23(26)14-16-24/h8,12-17,20-21,28H,2-7,9-11,18-19H2,1H3. The van der Waals surface area contributed by atoms with Gasteiger partial charge >= 0.3 is 5.97 Å². The molecule has 1 atom stereocenters. The van der Waals surface area contributed by atoms with Gasteiger partial charge in [-0.1, -0.05) is 36.9 Å². The van der Waals surface area contributed by atoms with Gasteiger partial charge in [-0.3, -0.25) is 9.78 Å². The maximum atomic E-state index is 12.3.